The molecular weight excluding hydrogens is 1630 g/mol. The van der Waals surface area contributed by atoms with E-state index in [9.17, 15) is 19.8 Å². The number of nitrogens with two attached hydrogens (primary N) is 3. The molecular formula is C89H132ClN16O17P. The van der Waals surface area contributed by atoms with Crippen LogP contribution in [0.2, 0.25) is 5.15 Å². The third kappa shape index (κ3) is 24.5. The van der Waals surface area contributed by atoms with Crippen molar-refractivity contribution in [3.8, 4) is 17.2 Å². The molecule has 9 aromatic rings. The molecule has 11 heterocycles. The van der Waals surface area contributed by atoms with Gasteiger partial charge in [-0.2, -0.15) is 0 Å². The standard InChI is InChI=1S/C27H33ClN4O6.C27H35N5O6.C19H23N5O4.C14H28NP.2CH4.H3N.H2O/c2*1-25(2,3)37-24(33)29-13-16-8-7-9-17(12-16)34-14-19-27(6)20(36-26(4,5)38-27)23(35-19)32-11-10-18-21(28)30-15-31-22(18)32;1-19(26)14(9-27-12-4-2-3-11(7-12)8-20)28-18(15(19)25)24-6-5-13-16(21)22-10-23-17(13)24;1-5-8-11-16(14-15-4,12-9-6-2)13-10-7-3;;;;/h7-12,15,19-20,23H,13-14H2,1-6H3,(H,29,33);7-12,15,19-20,23H,13-14H2,1-6H3,(H,29,33)(H2,28,30,31);2-7,10,14-15,18,25-26H,8-9,20H2,1H3,(H2,21,22,23);14H,5-13H2,1-3H3;2*1H4;1H3;1H2/t2*19-,20+,23-,27-;14-,15+,18-,19-;;;;;/m111...../s1. The Morgan fingerprint density at radius 1 is 0.573 bits per heavy atom. The van der Waals surface area contributed by atoms with Crippen LogP contribution in [-0.2, 0) is 62.3 Å². The minimum Gasteiger partial charge on any atom is -0.491 e. The Morgan fingerprint density at radius 2 is 0.935 bits per heavy atom. The van der Waals surface area contributed by atoms with Crippen molar-refractivity contribution in [2.45, 2.75) is 279 Å². The van der Waals surface area contributed by atoms with Gasteiger partial charge >= 0.3 is 12.2 Å². The summed E-state index contributed by atoms with van der Waals surface area (Å²) in [5.41, 5.74) is 17.9. The topological polar surface area (TPSA) is 450 Å². The molecule has 15 N–H and O–H groups in total. The molecule has 14 rings (SSSR count). The molecule has 0 radical (unpaired) electrons. The van der Waals surface area contributed by atoms with Gasteiger partial charge in [0.05, 0.1) is 22.7 Å². The second kappa shape index (κ2) is 42.8. The quantitative estimate of drug-likeness (QED) is 0.0142. The van der Waals surface area contributed by atoms with Gasteiger partial charge in [0.25, 0.3) is 0 Å². The minimum absolute atomic E-state index is 0. The van der Waals surface area contributed by atoms with Crippen molar-refractivity contribution < 1.29 is 82.1 Å². The molecule has 5 fully saturated rings. The predicted octanol–water partition coefficient (Wildman–Crippen LogP) is 15.2. The van der Waals surface area contributed by atoms with Gasteiger partial charge in [-0.25, -0.2) is 44.3 Å². The summed E-state index contributed by atoms with van der Waals surface area (Å²) in [6.45, 7) is 38.4. The molecule has 12 atom stereocenters. The molecule has 5 saturated heterocycles. The van der Waals surface area contributed by atoms with Gasteiger partial charge in [0.2, 0.25) is 0 Å². The molecule has 35 heteroatoms. The number of carbonyl (C=O) groups is 2. The Hall–Kier alpha value is -9.34. The molecule has 3 aromatic carbocycles. The number of hydrogen-bond donors (Lipinski definition) is 8. The molecule has 682 valence electrons. The van der Waals surface area contributed by atoms with Gasteiger partial charge in [-0.1, -0.05) is 129 Å². The third-order valence-electron chi connectivity index (χ3n) is 21.5. The molecule has 124 heavy (non-hydrogen) atoms. The highest BCUT2D eigenvalue weighted by Gasteiger charge is 2.66. The highest BCUT2D eigenvalue weighted by Crippen LogP contribution is 2.54. The molecule has 5 aliphatic heterocycles. The summed E-state index contributed by atoms with van der Waals surface area (Å²) in [5.74, 6) is 3.07. The van der Waals surface area contributed by atoms with Crippen LogP contribution >= 0.6 is 18.5 Å². The van der Waals surface area contributed by atoms with E-state index >= 15 is 0 Å². The van der Waals surface area contributed by atoms with Gasteiger partial charge < -0.3 is 120 Å². The van der Waals surface area contributed by atoms with Crippen molar-refractivity contribution in [3.63, 3.8) is 0 Å². The first-order valence-corrected chi connectivity index (χ1v) is 43.7. The van der Waals surface area contributed by atoms with E-state index in [2.05, 4.69) is 66.2 Å². The fraction of sp³-hybridized carbons (Fsp3) is 0.551. The lowest BCUT2D eigenvalue weighted by molar-refractivity contribution is -0.213. The Labute approximate surface area is 733 Å². The lowest BCUT2D eigenvalue weighted by Crippen LogP contribution is -2.47. The average Bonchev–Trinajstić information content (AvgIpc) is 1.57. The molecule has 0 bridgehead atoms. The summed E-state index contributed by atoms with van der Waals surface area (Å²) >= 11 is 6.28. The Kier molecular flexibility index (Phi) is 35.1. The van der Waals surface area contributed by atoms with Crippen molar-refractivity contribution in [2.75, 3.05) is 49.8 Å². The monoisotopic (exact) mass is 1760 g/mol. The zero-order valence-corrected chi connectivity index (χ0v) is 74.5. The van der Waals surface area contributed by atoms with E-state index < -0.39 is 114 Å². The average molecular weight is 1760 g/mol. The number of aliphatic hydroxyl groups excluding tert-OH is 1. The van der Waals surface area contributed by atoms with Crippen LogP contribution in [-0.4, -0.2) is 192 Å². The lowest BCUT2D eigenvalue weighted by Gasteiger charge is -2.29. The highest BCUT2D eigenvalue weighted by molar-refractivity contribution is 7.75. The Balaban J connectivity index is 0.000000234. The van der Waals surface area contributed by atoms with Crippen LogP contribution in [0.5, 0.6) is 17.2 Å². The minimum atomic E-state index is -1.52. The fourth-order valence-electron chi connectivity index (χ4n) is 15.4. The fourth-order valence-corrected chi connectivity index (χ4v) is 19.7. The summed E-state index contributed by atoms with van der Waals surface area (Å²) in [7, 11) is 0. The smallest absolute Gasteiger partial charge is 0.407 e. The number of alkyl carbamates (subject to hydrolysis) is 2. The molecule has 0 saturated carbocycles. The van der Waals surface area contributed by atoms with Crippen LogP contribution in [0.3, 0.4) is 0 Å². The maximum atomic E-state index is 12.0. The van der Waals surface area contributed by atoms with Crippen molar-refractivity contribution >= 4 is 81.3 Å². The third-order valence-corrected chi connectivity index (χ3v) is 26.0. The van der Waals surface area contributed by atoms with E-state index in [1.165, 1.54) is 82.9 Å². The number of amides is 2. The Bertz CT molecular complexity index is 4850. The molecule has 0 aliphatic carbocycles. The van der Waals surface area contributed by atoms with Crippen molar-refractivity contribution in [2.24, 2.45) is 5.73 Å². The number of rotatable bonds is 26. The van der Waals surface area contributed by atoms with Gasteiger partial charge in [0.15, 0.2) is 30.3 Å². The highest BCUT2D eigenvalue weighted by atomic mass is 35.5. The Morgan fingerprint density at radius 3 is 1.33 bits per heavy atom. The zero-order valence-electron chi connectivity index (χ0n) is 72.9. The van der Waals surface area contributed by atoms with E-state index in [1.54, 1.807) is 22.9 Å². The number of anilines is 2. The summed E-state index contributed by atoms with van der Waals surface area (Å²) in [6, 6.07) is 27.9. The normalized spacial score (nSPS) is 23.8. The zero-order chi connectivity index (χ0) is 86.8. The maximum absolute atomic E-state index is 12.0. The number of carbonyl (C=O) groups excluding carboxylic acids is 2. The van der Waals surface area contributed by atoms with Crippen LogP contribution in [0.25, 0.3) is 37.9 Å². The number of nitrogen functional groups attached to an aromatic ring is 2. The number of nitrogens with one attached hydrogen (secondary N) is 2. The van der Waals surface area contributed by atoms with Crippen LogP contribution in [0, 0.1) is 6.57 Å². The predicted molar refractivity (Wildman–Crippen MR) is 483 cm³/mol. The van der Waals surface area contributed by atoms with Crippen LogP contribution in [0.15, 0.2) is 129 Å². The number of ether oxygens (including phenoxy) is 12. The summed E-state index contributed by atoms with van der Waals surface area (Å²) in [4.78, 5) is 52.8. The van der Waals surface area contributed by atoms with E-state index in [0.29, 0.717) is 76.0 Å². The first-order valence-electron chi connectivity index (χ1n) is 40.9. The summed E-state index contributed by atoms with van der Waals surface area (Å²) in [5, 5.41) is 29.6. The molecule has 2 amide bonds. The van der Waals surface area contributed by atoms with Gasteiger partial charge in [-0.3, -0.25) is 0 Å². The number of aliphatic hydroxyl groups is 2. The second-order valence-electron chi connectivity index (χ2n) is 34.2. The number of benzene rings is 3. The summed E-state index contributed by atoms with van der Waals surface area (Å²) < 4.78 is 78.6. The van der Waals surface area contributed by atoms with Gasteiger partial charge in [-0.05, 0) is 180 Å². The van der Waals surface area contributed by atoms with Gasteiger partial charge in [0, 0.05) is 38.2 Å². The largest absolute Gasteiger partial charge is 0.491 e. The lowest BCUT2D eigenvalue weighted by atomic mass is 9.95. The number of aromatic nitrogens is 9. The van der Waals surface area contributed by atoms with Gasteiger partial charge in [0.1, 0.15) is 160 Å². The van der Waals surface area contributed by atoms with Crippen LogP contribution in [0.4, 0.5) is 21.2 Å². The first kappa shape index (κ1) is 102. The molecule has 0 spiro atoms. The SMILES string of the molecule is C.C.CC(C)(C)OC(=O)NCc1cccc(OC[C@H]2O[C@@H](n3ccc4c(Cl)ncnc43)[C@@H]3OC(C)(C)O[C@]23C)c1.CC(C)(C)OC(=O)NCc1cccc(OC[C@H]2O[C@@H](n3ccc4c(N)ncnc43)[C@@H]3OC(C)(C)O[C@]23C)c1.C[C@@]1(O)[C@@H](COc2cccc(CN)c2)O[C@@H](n2ccc3c(N)ncnc32)[C@@H]1O.N.O.[C-]#[N+]C=P(CCCC)(CCCC)CCCC. The molecule has 33 nitrogen and oxygen atoms in total. The molecule has 5 aliphatic rings. The van der Waals surface area contributed by atoms with Crippen LogP contribution < -0.4 is 48.2 Å². The van der Waals surface area contributed by atoms with Crippen LogP contribution in [0.1, 0.15) is 200 Å². The van der Waals surface area contributed by atoms with E-state index in [0.717, 1.165) is 27.5 Å². The number of fused-ring (bicyclic) bond motifs is 5. The molecule has 6 aromatic heterocycles. The van der Waals surface area contributed by atoms with E-state index in [1.807, 2.05) is 189 Å². The number of hydrogen-bond acceptors (Lipinski definition) is 26. The van der Waals surface area contributed by atoms with Crippen molar-refractivity contribution in [1.82, 2.24) is 60.4 Å². The van der Waals surface area contributed by atoms with Crippen molar-refractivity contribution in [3.05, 3.63) is 162 Å². The van der Waals surface area contributed by atoms with E-state index in [4.69, 9.17) is 92.2 Å². The second-order valence-corrected chi connectivity index (χ2v) is 38.6. The number of unbranched alkanes of at least 4 members (excludes halogenated alkanes) is 3. The molecule has 0 unspecified atom stereocenters. The van der Waals surface area contributed by atoms with Crippen molar-refractivity contribution in [1.29, 1.82) is 0 Å². The van der Waals surface area contributed by atoms with E-state index in [-0.39, 0.29) is 46.3 Å². The number of halogens is 1. The number of nitrogens with zero attached hydrogens (tertiary/aromatic N) is 10. The van der Waals surface area contributed by atoms with Gasteiger partial charge in [-0.15, -0.1) is 0 Å². The summed E-state index contributed by atoms with van der Waals surface area (Å²) in [6.07, 6.45) is 14.9. The maximum Gasteiger partial charge on any atom is 0.407 e. The first-order chi connectivity index (χ1) is 56.8.